The summed E-state index contributed by atoms with van der Waals surface area (Å²) in [5.74, 6) is -0.656. The van der Waals surface area contributed by atoms with Crippen LogP contribution in [0.4, 0.5) is 14.9 Å². The van der Waals surface area contributed by atoms with Crippen molar-refractivity contribution in [1.29, 1.82) is 0 Å². The van der Waals surface area contributed by atoms with Crippen molar-refractivity contribution in [2.45, 2.75) is 32.9 Å². The minimum Gasteiger partial charge on any atom is -0.444 e. The summed E-state index contributed by atoms with van der Waals surface area (Å²) >= 11 is 0. The van der Waals surface area contributed by atoms with Gasteiger partial charge in [-0.2, -0.15) is 13.5 Å². The number of nitrogens with one attached hydrogen (secondary N) is 1. The zero-order valence-corrected chi connectivity index (χ0v) is 15.2. The van der Waals surface area contributed by atoms with Crippen LogP contribution >= 0.6 is 0 Å². The number of halogens is 1. The van der Waals surface area contributed by atoms with Gasteiger partial charge in [0.15, 0.2) is 0 Å². The highest BCUT2D eigenvalue weighted by Gasteiger charge is 2.18. The number of fused-ring (bicyclic) bond motifs is 1. The van der Waals surface area contributed by atoms with Crippen LogP contribution in [-0.2, 0) is 25.6 Å². The molecule has 0 saturated carbocycles. The smallest absolute Gasteiger partial charge is 0.412 e. The fraction of sp³-hybridized carbons (Fsp3) is 0.467. The zero-order valence-electron chi connectivity index (χ0n) is 14.4. The van der Waals surface area contributed by atoms with Gasteiger partial charge in [0.05, 0.1) is 30.6 Å². The first-order chi connectivity index (χ1) is 11.4. The molecule has 25 heavy (non-hydrogen) atoms. The van der Waals surface area contributed by atoms with Gasteiger partial charge in [0, 0.05) is 17.6 Å². The normalized spacial score (nSPS) is 12.4. The summed E-state index contributed by atoms with van der Waals surface area (Å²) in [4.78, 5) is 11.8. The molecule has 0 atom stereocenters. The maximum Gasteiger partial charge on any atom is 0.412 e. The van der Waals surface area contributed by atoms with E-state index >= 15 is 0 Å². The molecule has 10 heteroatoms. The van der Waals surface area contributed by atoms with Crippen LogP contribution in [0.25, 0.3) is 10.9 Å². The first kappa shape index (κ1) is 19.1. The fourth-order valence-electron chi connectivity index (χ4n) is 2.00. The second kappa shape index (κ2) is 6.96. The average molecular weight is 373 g/mol. The number of hydrogen-bond acceptors (Lipinski definition) is 6. The molecule has 138 valence electrons. The van der Waals surface area contributed by atoms with Crippen LogP contribution in [0.5, 0.6) is 0 Å². The molecule has 0 unspecified atom stereocenters. The predicted octanol–water partition coefficient (Wildman–Crippen LogP) is 2.50. The van der Waals surface area contributed by atoms with E-state index in [-0.39, 0.29) is 18.8 Å². The molecule has 0 aliphatic heterocycles. The van der Waals surface area contributed by atoms with Crippen molar-refractivity contribution in [3.63, 3.8) is 0 Å². The van der Waals surface area contributed by atoms with Crippen molar-refractivity contribution in [1.82, 2.24) is 9.78 Å². The first-order valence-corrected chi connectivity index (χ1v) is 9.26. The molecule has 1 N–H and O–H groups in total. The number of hydrogen-bond donors (Lipinski definition) is 1. The van der Waals surface area contributed by atoms with E-state index in [0.29, 0.717) is 10.9 Å². The summed E-state index contributed by atoms with van der Waals surface area (Å²) in [6, 6.07) is 2.60. The first-order valence-electron chi connectivity index (χ1n) is 7.44. The molecule has 2 rings (SSSR count). The highest BCUT2D eigenvalue weighted by atomic mass is 32.2. The Morgan fingerprint density at radius 1 is 1.36 bits per heavy atom. The molecule has 0 spiro atoms. The molecule has 1 heterocycles. The quantitative estimate of drug-likeness (QED) is 0.809. The fourth-order valence-corrected chi connectivity index (χ4v) is 2.38. The third-order valence-electron chi connectivity index (χ3n) is 2.89. The highest BCUT2D eigenvalue weighted by molar-refractivity contribution is 7.85. The lowest BCUT2D eigenvalue weighted by atomic mass is 10.2. The number of benzene rings is 1. The molecule has 1 aromatic carbocycles. The van der Waals surface area contributed by atoms with Gasteiger partial charge in [0.2, 0.25) is 0 Å². The second-order valence-corrected chi connectivity index (χ2v) is 8.08. The summed E-state index contributed by atoms with van der Waals surface area (Å²) in [7, 11) is -3.53. The summed E-state index contributed by atoms with van der Waals surface area (Å²) in [6.45, 7) is 5.20. The highest BCUT2D eigenvalue weighted by Crippen LogP contribution is 2.23. The summed E-state index contributed by atoms with van der Waals surface area (Å²) in [5.41, 5.74) is -0.366. The number of aromatic nitrogens is 2. The Kier molecular flexibility index (Phi) is 5.33. The Bertz CT molecular complexity index is 886. The van der Waals surface area contributed by atoms with Crippen molar-refractivity contribution in [2.75, 3.05) is 18.2 Å². The Hall–Kier alpha value is -2.20. The third kappa shape index (κ3) is 5.98. The van der Waals surface area contributed by atoms with E-state index in [1.54, 1.807) is 27.0 Å². The summed E-state index contributed by atoms with van der Waals surface area (Å²) < 4.78 is 47.1. The number of nitrogens with zero attached hydrogens (tertiary/aromatic N) is 2. The second-order valence-electron chi connectivity index (χ2n) is 6.44. The lowest BCUT2D eigenvalue weighted by molar-refractivity contribution is 0.0635. The van der Waals surface area contributed by atoms with Gasteiger partial charge < -0.3 is 4.74 Å². The maximum atomic E-state index is 14.1. The Labute approximate surface area is 145 Å². The van der Waals surface area contributed by atoms with Crippen LogP contribution < -0.4 is 5.32 Å². The molecule has 1 amide bonds. The molecule has 0 aliphatic rings. The predicted molar refractivity (Wildman–Crippen MR) is 90.3 cm³/mol. The third-order valence-corrected chi connectivity index (χ3v) is 3.49. The number of carbonyl (C=O) groups excluding carboxylic acids is 1. The Morgan fingerprint density at radius 2 is 2.04 bits per heavy atom. The lowest BCUT2D eigenvalue weighted by Gasteiger charge is -2.19. The van der Waals surface area contributed by atoms with E-state index in [1.807, 2.05) is 0 Å². The van der Waals surface area contributed by atoms with Gasteiger partial charge in [0.25, 0.3) is 10.1 Å². The van der Waals surface area contributed by atoms with Gasteiger partial charge in [-0.1, -0.05) is 0 Å². The van der Waals surface area contributed by atoms with Crippen molar-refractivity contribution in [3.05, 3.63) is 24.1 Å². The van der Waals surface area contributed by atoms with Crippen LogP contribution in [0, 0.1) is 5.82 Å². The Morgan fingerprint density at radius 3 is 2.64 bits per heavy atom. The lowest BCUT2D eigenvalue weighted by Crippen LogP contribution is -2.27. The Balaban J connectivity index is 2.13. The van der Waals surface area contributed by atoms with Crippen LogP contribution in [-0.4, -0.2) is 42.8 Å². The molecule has 1 aromatic heterocycles. The van der Waals surface area contributed by atoms with Crippen LogP contribution in [0.1, 0.15) is 20.8 Å². The number of carbonyl (C=O) groups is 1. The summed E-state index contributed by atoms with van der Waals surface area (Å²) in [6.07, 6.45) is 1.79. The molecule has 0 aliphatic carbocycles. The largest absolute Gasteiger partial charge is 0.444 e. The topological polar surface area (TPSA) is 99.5 Å². The van der Waals surface area contributed by atoms with E-state index < -0.39 is 27.6 Å². The minimum absolute atomic E-state index is 0.0336. The standard InChI is InChI=1S/C15H20FN3O5S/c1-15(2,3)24-14(20)17-13-7-10-9-19(5-6-23-25(4,21)22)18-12(10)8-11(13)16/h7-9H,5-6H2,1-4H3,(H,17,20). The van der Waals surface area contributed by atoms with Gasteiger partial charge in [-0.25, -0.2) is 9.18 Å². The van der Waals surface area contributed by atoms with Crippen LogP contribution in [0.15, 0.2) is 18.3 Å². The molecule has 8 nitrogen and oxygen atoms in total. The summed E-state index contributed by atoms with van der Waals surface area (Å²) in [5, 5.41) is 7.06. The van der Waals surface area contributed by atoms with Crippen molar-refractivity contribution >= 4 is 32.8 Å². The van der Waals surface area contributed by atoms with Crippen molar-refractivity contribution < 1.29 is 26.5 Å². The van der Waals surface area contributed by atoms with Crippen LogP contribution in [0.3, 0.4) is 0 Å². The zero-order chi connectivity index (χ0) is 18.8. The minimum atomic E-state index is -3.53. The van der Waals surface area contributed by atoms with E-state index in [1.165, 1.54) is 16.8 Å². The van der Waals surface area contributed by atoms with Crippen molar-refractivity contribution in [2.24, 2.45) is 0 Å². The van der Waals surface area contributed by atoms with Gasteiger partial charge >= 0.3 is 6.09 Å². The van der Waals surface area contributed by atoms with E-state index in [2.05, 4.69) is 14.6 Å². The number of amides is 1. The number of rotatable bonds is 5. The molecule has 2 aromatic rings. The molecule has 0 fully saturated rings. The van der Waals surface area contributed by atoms with Gasteiger partial charge in [-0.15, -0.1) is 0 Å². The number of anilines is 1. The maximum absolute atomic E-state index is 14.1. The van der Waals surface area contributed by atoms with E-state index in [0.717, 1.165) is 6.26 Å². The van der Waals surface area contributed by atoms with E-state index in [9.17, 15) is 17.6 Å². The van der Waals surface area contributed by atoms with Crippen molar-refractivity contribution in [3.8, 4) is 0 Å². The number of ether oxygens (including phenoxy) is 1. The van der Waals surface area contributed by atoms with Gasteiger partial charge in [-0.3, -0.25) is 14.2 Å². The van der Waals surface area contributed by atoms with Crippen LogP contribution in [0.2, 0.25) is 0 Å². The monoisotopic (exact) mass is 373 g/mol. The molecular formula is C15H20FN3O5S. The average Bonchev–Trinajstić information content (AvgIpc) is 2.76. The van der Waals surface area contributed by atoms with E-state index in [4.69, 9.17) is 4.74 Å². The molecule has 0 bridgehead atoms. The van der Waals surface area contributed by atoms with Gasteiger partial charge in [-0.05, 0) is 26.8 Å². The molecule has 0 radical (unpaired) electrons. The van der Waals surface area contributed by atoms with Gasteiger partial charge in [0.1, 0.15) is 11.4 Å². The molecule has 0 saturated heterocycles. The molecular weight excluding hydrogens is 353 g/mol. The SMILES string of the molecule is CC(C)(C)OC(=O)Nc1cc2cn(CCOS(C)(=O)=O)nc2cc1F.